The Balaban J connectivity index is 1.90. The lowest BCUT2D eigenvalue weighted by Gasteiger charge is -2.15. The van der Waals surface area contributed by atoms with Gasteiger partial charge in [-0.3, -0.25) is 4.79 Å². The normalized spacial score (nSPS) is 10.8. The number of hydrogen-bond donors (Lipinski definition) is 0. The van der Waals surface area contributed by atoms with Gasteiger partial charge in [-0.15, -0.1) is 0 Å². The topological polar surface area (TPSA) is 57.9 Å². The Morgan fingerprint density at radius 3 is 2.45 bits per heavy atom. The van der Waals surface area contributed by atoms with Crippen molar-refractivity contribution in [2.75, 3.05) is 14.2 Å². The molecule has 0 radical (unpaired) electrons. The summed E-state index contributed by atoms with van der Waals surface area (Å²) in [6.45, 7) is 0.115. The fourth-order valence-corrected chi connectivity index (χ4v) is 4.05. The Morgan fingerprint density at radius 2 is 1.71 bits per heavy atom. The van der Waals surface area contributed by atoms with Crippen LogP contribution in [0.4, 0.5) is 0 Å². The molecule has 0 bridgehead atoms. The molecule has 3 aromatic carbocycles. The quantitative estimate of drug-likeness (QED) is 0.303. The number of para-hydroxylation sites is 1. The van der Waals surface area contributed by atoms with Gasteiger partial charge in [-0.1, -0.05) is 41.9 Å². The van der Waals surface area contributed by atoms with Crippen LogP contribution < -0.4 is 19.6 Å². The molecule has 0 fully saturated rings. The average Bonchev–Trinajstić information content (AvgIpc) is 2.78. The van der Waals surface area contributed by atoms with Gasteiger partial charge in [0.25, 0.3) is 0 Å². The second-order valence-electron chi connectivity index (χ2n) is 6.66. The zero-order valence-corrected chi connectivity index (χ0v) is 19.1. The molecule has 4 aromatic rings. The molecule has 0 aliphatic carbocycles. The van der Waals surface area contributed by atoms with Crippen LogP contribution in [0.5, 0.6) is 17.2 Å². The van der Waals surface area contributed by atoms with Crippen molar-refractivity contribution in [3.63, 3.8) is 0 Å². The maximum Gasteiger partial charge on any atom is 0.235 e. The highest BCUT2D eigenvalue weighted by molar-refractivity contribution is 9.10. The summed E-state index contributed by atoms with van der Waals surface area (Å²) in [4.78, 5) is 13.3. The second-order valence-corrected chi connectivity index (χ2v) is 7.92. The van der Waals surface area contributed by atoms with Crippen molar-refractivity contribution in [1.29, 1.82) is 0 Å². The van der Waals surface area contributed by atoms with Gasteiger partial charge < -0.3 is 18.6 Å². The number of benzene rings is 3. The van der Waals surface area contributed by atoms with E-state index in [-0.39, 0.29) is 23.5 Å². The SMILES string of the molecule is COc1cc(-c2oc3ccccc3c(=O)c2OCc2ccccc2Cl)cc(Br)c1OC. The first-order valence-electron chi connectivity index (χ1n) is 9.37. The van der Waals surface area contributed by atoms with Crippen LogP contribution in [0.15, 0.2) is 74.3 Å². The molecule has 0 N–H and O–H groups in total. The van der Waals surface area contributed by atoms with E-state index in [2.05, 4.69) is 15.9 Å². The monoisotopic (exact) mass is 500 g/mol. The number of hydrogen-bond acceptors (Lipinski definition) is 5. The molecule has 0 saturated heterocycles. The van der Waals surface area contributed by atoms with Crippen LogP contribution in [-0.4, -0.2) is 14.2 Å². The van der Waals surface area contributed by atoms with Gasteiger partial charge in [0.1, 0.15) is 12.2 Å². The minimum Gasteiger partial charge on any atom is -0.493 e. The Labute approximate surface area is 192 Å². The molecule has 31 heavy (non-hydrogen) atoms. The van der Waals surface area contributed by atoms with Crippen LogP contribution in [-0.2, 0) is 6.61 Å². The van der Waals surface area contributed by atoms with Gasteiger partial charge in [0.15, 0.2) is 17.3 Å². The summed E-state index contributed by atoms with van der Waals surface area (Å²) >= 11 is 9.75. The summed E-state index contributed by atoms with van der Waals surface area (Å²) in [6.07, 6.45) is 0. The maximum atomic E-state index is 13.3. The third kappa shape index (κ3) is 4.13. The van der Waals surface area contributed by atoms with Gasteiger partial charge >= 0.3 is 0 Å². The summed E-state index contributed by atoms with van der Waals surface area (Å²) in [6, 6.07) is 17.9. The molecule has 1 aromatic heterocycles. The van der Waals surface area contributed by atoms with E-state index in [1.54, 1.807) is 50.6 Å². The lowest BCUT2D eigenvalue weighted by atomic mass is 10.1. The largest absolute Gasteiger partial charge is 0.493 e. The molecule has 0 aliphatic heterocycles. The van der Waals surface area contributed by atoms with E-state index < -0.39 is 0 Å². The number of fused-ring (bicyclic) bond motifs is 1. The highest BCUT2D eigenvalue weighted by Crippen LogP contribution is 2.41. The van der Waals surface area contributed by atoms with Crippen LogP contribution >= 0.6 is 27.5 Å². The van der Waals surface area contributed by atoms with Crippen LogP contribution in [0.1, 0.15) is 5.56 Å². The molecule has 158 valence electrons. The highest BCUT2D eigenvalue weighted by Gasteiger charge is 2.21. The Hall–Kier alpha value is -2.96. The van der Waals surface area contributed by atoms with Crippen LogP contribution in [0, 0.1) is 0 Å². The predicted molar refractivity (Wildman–Crippen MR) is 125 cm³/mol. The third-order valence-electron chi connectivity index (χ3n) is 4.78. The van der Waals surface area contributed by atoms with E-state index in [1.165, 1.54) is 0 Å². The highest BCUT2D eigenvalue weighted by atomic mass is 79.9. The average molecular weight is 502 g/mol. The molecule has 0 aliphatic rings. The molecule has 4 rings (SSSR count). The van der Waals surface area contributed by atoms with E-state index in [0.29, 0.717) is 37.5 Å². The number of ether oxygens (including phenoxy) is 3. The van der Waals surface area contributed by atoms with Crippen LogP contribution in [0.25, 0.3) is 22.3 Å². The van der Waals surface area contributed by atoms with Gasteiger partial charge in [-0.25, -0.2) is 0 Å². The molecule has 0 spiro atoms. The fraction of sp³-hybridized carbons (Fsp3) is 0.125. The van der Waals surface area contributed by atoms with E-state index in [0.717, 1.165) is 5.56 Å². The Morgan fingerprint density at radius 1 is 0.968 bits per heavy atom. The van der Waals surface area contributed by atoms with Crippen molar-refractivity contribution in [2.24, 2.45) is 0 Å². The number of halogens is 2. The summed E-state index contributed by atoms with van der Waals surface area (Å²) in [5, 5.41) is 0.989. The minimum absolute atomic E-state index is 0.0951. The summed E-state index contributed by atoms with van der Waals surface area (Å²) in [5.41, 5.74) is 1.55. The second kappa shape index (κ2) is 9.04. The van der Waals surface area contributed by atoms with Crippen molar-refractivity contribution in [3.8, 4) is 28.6 Å². The molecular weight excluding hydrogens is 484 g/mol. The van der Waals surface area contributed by atoms with Gasteiger partial charge in [0.05, 0.1) is 24.1 Å². The molecule has 0 unspecified atom stereocenters. The van der Waals surface area contributed by atoms with Crippen LogP contribution in [0.2, 0.25) is 5.02 Å². The minimum atomic E-state index is -0.269. The van der Waals surface area contributed by atoms with E-state index in [4.69, 9.17) is 30.2 Å². The van der Waals surface area contributed by atoms with E-state index in [1.807, 2.05) is 24.3 Å². The van der Waals surface area contributed by atoms with Gasteiger partial charge in [-0.05, 0) is 46.3 Å². The van der Waals surface area contributed by atoms with Crippen LogP contribution in [0.3, 0.4) is 0 Å². The van der Waals surface area contributed by atoms with Crippen molar-refractivity contribution >= 4 is 38.5 Å². The summed E-state index contributed by atoms with van der Waals surface area (Å²) in [5.74, 6) is 1.41. The Bertz CT molecular complexity index is 1320. The molecule has 7 heteroatoms. The standard InChI is InChI=1S/C24H18BrClO5/c1-28-20-12-15(11-17(25)23(20)29-2)22-24(30-13-14-7-3-5-9-18(14)26)21(27)16-8-4-6-10-19(16)31-22/h3-12H,13H2,1-2H3. The molecule has 0 amide bonds. The smallest absolute Gasteiger partial charge is 0.235 e. The first kappa shape index (κ1) is 21.3. The molecule has 1 heterocycles. The van der Waals surface area contributed by atoms with Crippen molar-refractivity contribution < 1.29 is 18.6 Å². The van der Waals surface area contributed by atoms with Crippen molar-refractivity contribution in [3.05, 3.63) is 85.9 Å². The van der Waals surface area contributed by atoms with Gasteiger partial charge in [0, 0.05) is 16.1 Å². The van der Waals surface area contributed by atoms with Gasteiger partial charge in [-0.2, -0.15) is 0 Å². The fourth-order valence-electron chi connectivity index (χ4n) is 3.26. The van der Waals surface area contributed by atoms with Crippen molar-refractivity contribution in [2.45, 2.75) is 6.61 Å². The molecule has 0 saturated carbocycles. The van der Waals surface area contributed by atoms with Crippen molar-refractivity contribution in [1.82, 2.24) is 0 Å². The predicted octanol–water partition coefficient (Wildman–Crippen LogP) is 6.47. The molecular formula is C24H18BrClO5. The molecule has 0 atom stereocenters. The number of rotatable bonds is 6. The third-order valence-corrected chi connectivity index (χ3v) is 5.74. The lowest BCUT2D eigenvalue weighted by molar-refractivity contribution is 0.298. The van der Waals surface area contributed by atoms with Gasteiger partial charge in [0.2, 0.25) is 11.2 Å². The number of methoxy groups -OCH3 is 2. The maximum absolute atomic E-state index is 13.3. The first-order chi connectivity index (χ1) is 15.0. The zero-order valence-electron chi connectivity index (χ0n) is 16.8. The van der Waals surface area contributed by atoms with E-state index >= 15 is 0 Å². The first-order valence-corrected chi connectivity index (χ1v) is 10.5. The molecule has 5 nitrogen and oxygen atoms in total. The lowest BCUT2D eigenvalue weighted by Crippen LogP contribution is -2.10. The Kier molecular flexibility index (Phi) is 6.20. The summed E-state index contributed by atoms with van der Waals surface area (Å²) < 4.78 is 23.6. The van der Waals surface area contributed by atoms with E-state index in [9.17, 15) is 4.79 Å². The summed E-state index contributed by atoms with van der Waals surface area (Å²) in [7, 11) is 3.09. The zero-order chi connectivity index (χ0) is 22.0.